The van der Waals surface area contributed by atoms with Gasteiger partial charge in [0, 0.05) is 17.1 Å². The van der Waals surface area contributed by atoms with Gasteiger partial charge in [-0.2, -0.15) is 4.98 Å². The standard InChI is InChI=1S/C17H16ClN3S/c1-10-11(2)22-16-14(10)15(19-17(18)20-16)21-9-5-7-12-6-3-4-8-13(12)21/h3-4,6,8H,5,7,9H2,1-2H3. The molecule has 5 heteroatoms. The van der Waals surface area contributed by atoms with Crippen molar-refractivity contribution < 1.29 is 0 Å². The van der Waals surface area contributed by atoms with Gasteiger partial charge in [-0.15, -0.1) is 11.3 Å². The molecule has 4 rings (SSSR count). The predicted octanol–water partition coefficient (Wildman–Crippen LogP) is 5.05. The largest absolute Gasteiger partial charge is 0.325 e. The van der Waals surface area contributed by atoms with Gasteiger partial charge in [0.2, 0.25) is 5.28 Å². The molecule has 1 aliphatic rings. The van der Waals surface area contributed by atoms with Gasteiger partial charge in [-0.25, -0.2) is 4.98 Å². The van der Waals surface area contributed by atoms with Crippen LogP contribution in [-0.2, 0) is 6.42 Å². The summed E-state index contributed by atoms with van der Waals surface area (Å²) in [5.74, 6) is 0.948. The van der Waals surface area contributed by atoms with E-state index in [2.05, 4.69) is 53.0 Å². The Hall–Kier alpha value is -1.65. The number of rotatable bonds is 1. The van der Waals surface area contributed by atoms with Gasteiger partial charge in [0.05, 0.1) is 5.39 Å². The van der Waals surface area contributed by atoms with E-state index in [1.54, 1.807) is 11.3 Å². The van der Waals surface area contributed by atoms with Crippen LogP contribution in [0.2, 0.25) is 5.28 Å². The molecule has 0 saturated carbocycles. The number of halogens is 1. The molecule has 22 heavy (non-hydrogen) atoms. The van der Waals surface area contributed by atoms with Gasteiger partial charge < -0.3 is 4.90 Å². The predicted molar refractivity (Wildman–Crippen MR) is 93.7 cm³/mol. The van der Waals surface area contributed by atoms with Crippen LogP contribution in [0.5, 0.6) is 0 Å². The summed E-state index contributed by atoms with van der Waals surface area (Å²) in [5.41, 5.74) is 3.88. The van der Waals surface area contributed by atoms with E-state index in [1.165, 1.54) is 21.7 Å². The first-order chi connectivity index (χ1) is 10.6. The van der Waals surface area contributed by atoms with Gasteiger partial charge in [-0.1, -0.05) is 18.2 Å². The lowest BCUT2D eigenvalue weighted by Gasteiger charge is -2.31. The van der Waals surface area contributed by atoms with E-state index >= 15 is 0 Å². The average Bonchev–Trinajstić information content (AvgIpc) is 2.80. The van der Waals surface area contributed by atoms with Crippen molar-refractivity contribution >= 4 is 44.7 Å². The third-order valence-corrected chi connectivity index (χ3v) is 5.62. The minimum atomic E-state index is 0.326. The maximum atomic E-state index is 6.19. The summed E-state index contributed by atoms with van der Waals surface area (Å²) in [4.78, 5) is 13.6. The van der Waals surface area contributed by atoms with Crippen molar-refractivity contribution in [2.75, 3.05) is 11.4 Å². The molecule has 0 aliphatic carbocycles. The number of aryl methyl sites for hydroxylation is 3. The molecular weight excluding hydrogens is 314 g/mol. The molecule has 2 aromatic heterocycles. The number of hydrogen-bond acceptors (Lipinski definition) is 4. The first-order valence-electron chi connectivity index (χ1n) is 7.44. The highest BCUT2D eigenvalue weighted by Gasteiger charge is 2.23. The first-order valence-corrected chi connectivity index (χ1v) is 8.63. The lowest BCUT2D eigenvalue weighted by atomic mass is 10.0. The number of anilines is 2. The Bertz CT molecular complexity index is 872. The minimum Gasteiger partial charge on any atom is -0.325 e. The van der Waals surface area contributed by atoms with Crippen LogP contribution in [0.15, 0.2) is 24.3 Å². The molecule has 112 valence electrons. The summed E-state index contributed by atoms with van der Waals surface area (Å²) in [5, 5.41) is 1.47. The fourth-order valence-electron chi connectivity index (χ4n) is 3.15. The third-order valence-electron chi connectivity index (χ3n) is 4.35. The summed E-state index contributed by atoms with van der Waals surface area (Å²) in [6, 6.07) is 8.56. The number of benzene rings is 1. The summed E-state index contributed by atoms with van der Waals surface area (Å²) in [6.45, 7) is 5.24. The Morgan fingerprint density at radius 2 is 2.00 bits per heavy atom. The SMILES string of the molecule is Cc1sc2nc(Cl)nc(N3CCCc4ccccc43)c2c1C. The maximum absolute atomic E-state index is 6.19. The molecule has 3 heterocycles. The van der Waals surface area contributed by atoms with Crippen LogP contribution in [0.4, 0.5) is 11.5 Å². The highest BCUT2D eigenvalue weighted by atomic mass is 35.5. The molecule has 0 saturated heterocycles. The highest BCUT2D eigenvalue weighted by Crippen LogP contribution is 2.40. The third kappa shape index (κ3) is 2.09. The second-order valence-corrected chi connectivity index (χ2v) is 7.20. The van der Waals surface area contributed by atoms with Crippen LogP contribution in [0.25, 0.3) is 10.2 Å². The number of aromatic nitrogens is 2. The van der Waals surface area contributed by atoms with Crippen molar-refractivity contribution in [3.05, 3.63) is 45.6 Å². The molecule has 0 unspecified atom stereocenters. The Kier molecular flexibility index (Phi) is 3.31. The molecule has 3 aromatic rings. The van der Waals surface area contributed by atoms with E-state index in [0.29, 0.717) is 5.28 Å². The van der Waals surface area contributed by atoms with Crippen LogP contribution >= 0.6 is 22.9 Å². The molecule has 0 amide bonds. The minimum absolute atomic E-state index is 0.326. The number of para-hydroxylation sites is 1. The molecule has 0 atom stereocenters. The highest BCUT2D eigenvalue weighted by molar-refractivity contribution is 7.18. The average molecular weight is 330 g/mol. The van der Waals surface area contributed by atoms with Crippen LogP contribution in [0, 0.1) is 13.8 Å². The second-order valence-electron chi connectivity index (χ2n) is 5.66. The Labute approximate surface area is 138 Å². The van der Waals surface area contributed by atoms with Crippen LogP contribution in [0.1, 0.15) is 22.4 Å². The van der Waals surface area contributed by atoms with Crippen molar-refractivity contribution in [2.45, 2.75) is 26.7 Å². The molecule has 1 aromatic carbocycles. The quantitative estimate of drug-likeness (QED) is 0.585. The Balaban J connectivity index is 1.99. The maximum Gasteiger partial charge on any atom is 0.225 e. The van der Waals surface area contributed by atoms with Crippen molar-refractivity contribution in [1.82, 2.24) is 9.97 Å². The molecule has 0 radical (unpaired) electrons. The van der Waals surface area contributed by atoms with Gasteiger partial charge in [0.15, 0.2) is 0 Å². The lowest BCUT2D eigenvalue weighted by Crippen LogP contribution is -2.25. The van der Waals surface area contributed by atoms with Gasteiger partial charge in [0.25, 0.3) is 0 Å². The zero-order valence-electron chi connectivity index (χ0n) is 12.6. The van der Waals surface area contributed by atoms with Gasteiger partial charge in [0.1, 0.15) is 10.6 Å². The molecule has 3 nitrogen and oxygen atoms in total. The van der Waals surface area contributed by atoms with Crippen molar-refractivity contribution in [1.29, 1.82) is 0 Å². The van der Waals surface area contributed by atoms with Crippen LogP contribution in [0.3, 0.4) is 0 Å². The number of thiophene rings is 1. The monoisotopic (exact) mass is 329 g/mol. The van der Waals surface area contributed by atoms with Crippen molar-refractivity contribution in [2.24, 2.45) is 0 Å². The number of fused-ring (bicyclic) bond motifs is 2. The second kappa shape index (κ2) is 5.21. The molecule has 0 fully saturated rings. The normalized spacial score (nSPS) is 14.4. The van der Waals surface area contributed by atoms with Crippen LogP contribution < -0.4 is 4.90 Å². The molecule has 0 N–H and O–H groups in total. The molecule has 1 aliphatic heterocycles. The number of hydrogen-bond donors (Lipinski definition) is 0. The smallest absolute Gasteiger partial charge is 0.225 e. The topological polar surface area (TPSA) is 29.0 Å². The summed E-state index contributed by atoms with van der Waals surface area (Å²) in [7, 11) is 0. The summed E-state index contributed by atoms with van der Waals surface area (Å²) < 4.78 is 0. The van der Waals surface area contributed by atoms with E-state index in [0.717, 1.165) is 35.4 Å². The first kappa shape index (κ1) is 14.0. The van der Waals surface area contributed by atoms with E-state index in [9.17, 15) is 0 Å². The molecule has 0 spiro atoms. The molecule has 0 bridgehead atoms. The van der Waals surface area contributed by atoms with Crippen molar-refractivity contribution in [3.63, 3.8) is 0 Å². The molecular formula is C17H16ClN3S. The Morgan fingerprint density at radius 3 is 2.86 bits per heavy atom. The zero-order chi connectivity index (χ0) is 15.3. The van der Waals surface area contributed by atoms with Gasteiger partial charge in [-0.3, -0.25) is 0 Å². The van der Waals surface area contributed by atoms with E-state index < -0.39 is 0 Å². The zero-order valence-corrected chi connectivity index (χ0v) is 14.1. The lowest BCUT2D eigenvalue weighted by molar-refractivity contribution is 0.761. The Morgan fingerprint density at radius 1 is 1.18 bits per heavy atom. The fraction of sp³-hybridized carbons (Fsp3) is 0.294. The van der Waals surface area contributed by atoms with E-state index in [-0.39, 0.29) is 0 Å². The van der Waals surface area contributed by atoms with E-state index in [1.807, 2.05) is 0 Å². The van der Waals surface area contributed by atoms with Gasteiger partial charge in [-0.05, 0) is 55.5 Å². The van der Waals surface area contributed by atoms with Crippen LogP contribution in [-0.4, -0.2) is 16.5 Å². The van der Waals surface area contributed by atoms with Gasteiger partial charge >= 0.3 is 0 Å². The van der Waals surface area contributed by atoms with Crippen molar-refractivity contribution in [3.8, 4) is 0 Å². The summed E-state index contributed by atoms with van der Waals surface area (Å²) >= 11 is 7.88. The van der Waals surface area contributed by atoms with E-state index in [4.69, 9.17) is 11.6 Å². The summed E-state index contributed by atoms with van der Waals surface area (Å²) in [6.07, 6.45) is 2.25. The number of nitrogens with zero attached hydrogens (tertiary/aromatic N) is 3. The fourth-order valence-corrected chi connectivity index (χ4v) is 4.39.